The molecule has 0 spiro atoms. The van der Waals surface area contributed by atoms with Gasteiger partial charge in [-0.25, -0.2) is 4.39 Å². The Bertz CT molecular complexity index is 636. The van der Waals surface area contributed by atoms with Gasteiger partial charge in [-0.05, 0) is 55.3 Å². The Labute approximate surface area is 112 Å². The van der Waals surface area contributed by atoms with Crippen molar-refractivity contribution in [2.24, 2.45) is 0 Å². The van der Waals surface area contributed by atoms with E-state index in [1.165, 1.54) is 6.07 Å². The number of nitrogens with zero attached hydrogens (tertiary/aromatic N) is 2. The van der Waals surface area contributed by atoms with Crippen molar-refractivity contribution >= 4 is 11.4 Å². The second-order valence-electron chi connectivity index (χ2n) is 4.68. The van der Waals surface area contributed by atoms with E-state index in [0.717, 1.165) is 16.8 Å². The molecule has 0 bridgehead atoms. The summed E-state index contributed by atoms with van der Waals surface area (Å²) in [6.07, 6.45) is 0. The van der Waals surface area contributed by atoms with Crippen molar-refractivity contribution in [2.45, 2.75) is 13.8 Å². The molecule has 2 rings (SSSR count). The van der Waals surface area contributed by atoms with Crippen LogP contribution >= 0.6 is 0 Å². The maximum atomic E-state index is 14.0. The van der Waals surface area contributed by atoms with Crippen molar-refractivity contribution in [3.63, 3.8) is 0 Å². The highest BCUT2D eigenvalue weighted by Gasteiger charge is 2.10. The molecule has 0 unspecified atom stereocenters. The summed E-state index contributed by atoms with van der Waals surface area (Å²) in [6.45, 7) is 4.03. The monoisotopic (exact) mass is 254 g/mol. The van der Waals surface area contributed by atoms with Gasteiger partial charge in [-0.1, -0.05) is 6.07 Å². The molecule has 0 heterocycles. The Kier molecular flexibility index (Phi) is 3.52. The van der Waals surface area contributed by atoms with Crippen molar-refractivity contribution in [1.29, 1.82) is 5.26 Å². The van der Waals surface area contributed by atoms with E-state index in [1.807, 2.05) is 39.1 Å². The number of aryl methyl sites for hydroxylation is 2. The Morgan fingerprint density at radius 2 is 1.68 bits per heavy atom. The summed E-state index contributed by atoms with van der Waals surface area (Å²) in [5.41, 5.74) is 3.99. The van der Waals surface area contributed by atoms with Gasteiger partial charge in [0.2, 0.25) is 0 Å². The first-order chi connectivity index (χ1) is 9.01. The molecular formula is C16H15FN2. The molecule has 96 valence electrons. The van der Waals surface area contributed by atoms with Crippen LogP contribution in [0.4, 0.5) is 15.8 Å². The number of benzene rings is 2. The van der Waals surface area contributed by atoms with Gasteiger partial charge < -0.3 is 4.90 Å². The van der Waals surface area contributed by atoms with Gasteiger partial charge in [0.05, 0.1) is 17.3 Å². The number of hydrogen-bond donors (Lipinski definition) is 0. The van der Waals surface area contributed by atoms with Crippen molar-refractivity contribution < 1.29 is 4.39 Å². The first-order valence-electron chi connectivity index (χ1n) is 6.03. The zero-order chi connectivity index (χ0) is 14.0. The molecule has 0 saturated heterocycles. The Hall–Kier alpha value is -2.34. The summed E-state index contributed by atoms with van der Waals surface area (Å²) in [5.74, 6) is -0.388. The van der Waals surface area contributed by atoms with Crippen LogP contribution in [0.5, 0.6) is 0 Å². The summed E-state index contributed by atoms with van der Waals surface area (Å²) in [6, 6.07) is 12.5. The third-order valence-corrected chi connectivity index (χ3v) is 3.03. The second-order valence-corrected chi connectivity index (χ2v) is 4.68. The maximum absolute atomic E-state index is 14.0. The maximum Gasteiger partial charge on any atom is 0.148 e. The average molecular weight is 254 g/mol. The molecule has 0 amide bonds. The normalized spacial score (nSPS) is 10.1. The average Bonchev–Trinajstić information content (AvgIpc) is 2.36. The van der Waals surface area contributed by atoms with Gasteiger partial charge >= 0.3 is 0 Å². The van der Waals surface area contributed by atoms with Crippen molar-refractivity contribution in [2.75, 3.05) is 11.9 Å². The van der Waals surface area contributed by atoms with E-state index < -0.39 is 0 Å². The highest BCUT2D eigenvalue weighted by molar-refractivity contribution is 5.65. The number of hydrogen-bond acceptors (Lipinski definition) is 2. The van der Waals surface area contributed by atoms with Gasteiger partial charge in [-0.15, -0.1) is 0 Å². The molecule has 0 aliphatic heterocycles. The number of halogens is 1. The highest BCUT2D eigenvalue weighted by atomic mass is 19.1. The predicted molar refractivity (Wildman–Crippen MR) is 75.1 cm³/mol. The molecule has 0 aliphatic rings. The SMILES string of the molecule is Cc1cc(C)cc(N(C)c2ccc(C#N)cc2F)c1. The van der Waals surface area contributed by atoms with Crippen LogP contribution in [0.2, 0.25) is 0 Å². The lowest BCUT2D eigenvalue weighted by Gasteiger charge is -2.21. The van der Waals surface area contributed by atoms with Crippen LogP contribution in [0.15, 0.2) is 36.4 Å². The molecule has 0 aromatic heterocycles. The van der Waals surface area contributed by atoms with Crippen LogP contribution in [0.1, 0.15) is 16.7 Å². The molecule has 0 aliphatic carbocycles. The molecular weight excluding hydrogens is 239 g/mol. The first kappa shape index (κ1) is 13.1. The quantitative estimate of drug-likeness (QED) is 0.807. The molecule has 2 aromatic carbocycles. The first-order valence-corrected chi connectivity index (χ1v) is 6.03. The summed E-state index contributed by atoms with van der Waals surface area (Å²) in [4.78, 5) is 1.79. The standard InChI is InChI=1S/C16H15FN2/c1-11-6-12(2)8-14(7-11)19(3)16-5-4-13(10-18)9-15(16)17/h4-9H,1-3H3. The number of nitriles is 1. The van der Waals surface area contributed by atoms with E-state index in [1.54, 1.807) is 17.0 Å². The zero-order valence-electron chi connectivity index (χ0n) is 11.2. The number of anilines is 2. The van der Waals surface area contributed by atoms with E-state index >= 15 is 0 Å². The second kappa shape index (κ2) is 5.11. The molecule has 0 fully saturated rings. The number of rotatable bonds is 2. The molecule has 3 heteroatoms. The Balaban J connectivity index is 2.44. The molecule has 2 aromatic rings. The molecule has 19 heavy (non-hydrogen) atoms. The van der Waals surface area contributed by atoms with Crippen molar-refractivity contribution in [3.8, 4) is 6.07 Å². The van der Waals surface area contributed by atoms with E-state index in [2.05, 4.69) is 6.07 Å². The van der Waals surface area contributed by atoms with Crippen LogP contribution in [0.25, 0.3) is 0 Å². The van der Waals surface area contributed by atoms with E-state index in [-0.39, 0.29) is 5.82 Å². The lowest BCUT2D eigenvalue weighted by Crippen LogP contribution is -2.11. The summed E-state index contributed by atoms with van der Waals surface area (Å²) < 4.78 is 14.0. The highest BCUT2D eigenvalue weighted by Crippen LogP contribution is 2.28. The van der Waals surface area contributed by atoms with E-state index in [0.29, 0.717) is 11.3 Å². The Morgan fingerprint density at radius 3 is 2.21 bits per heavy atom. The topological polar surface area (TPSA) is 27.0 Å². The molecule has 0 saturated carbocycles. The summed E-state index contributed by atoms with van der Waals surface area (Å²) >= 11 is 0. The van der Waals surface area contributed by atoms with Crippen molar-refractivity contribution in [1.82, 2.24) is 0 Å². The van der Waals surface area contributed by atoms with E-state index in [9.17, 15) is 4.39 Å². The minimum atomic E-state index is -0.388. The smallest absolute Gasteiger partial charge is 0.148 e. The Morgan fingerprint density at radius 1 is 1.05 bits per heavy atom. The zero-order valence-corrected chi connectivity index (χ0v) is 11.2. The fourth-order valence-corrected chi connectivity index (χ4v) is 2.13. The lowest BCUT2D eigenvalue weighted by atomic mass is 10.1. The minimum Gasteiger partial charge on any atom is -0.342 e. The van der Waals surface area contributed by atoms with Gasteiger partial charge in [0, 0.05) is 12.7 Å². The van der Waals surface area contributed by atoms with Gasteiger partial charge in [-0.3, -0.25) is 0 Å². The van der Waals surface area contributed by atoms with Crippen LogP contribution < -0.4 is 4.90 Å². The minimum absolute atomic E-state index is 0.329. The summed E-state index contributed by atoms with van der Waals surface area (Å²) in [5, 5.41) is 8.75. The molecule has 2 nitrogen and oxygen atoms in total. The fourth-order valence-electron chi connectivity index (χ4n) is 2.13. The summed E-state index contributed by atoms with van der Waals surface area (Å²) in [7, 11) is 1.82. The van der Waals surface area contributed by atoms with Crippen molar-refractivity contribution in [3.05, 3.63) is 58.9 Å². The molecule has 0 atom stereocenters. The van der Waals surface area contributed by atoms with E-state index in [4.69, 9.17) is 5.26 Å². The van der Waals surface area contributed by atoms with Crippen LogP contribution in [0.3, 0.4) is 0 Å². The van der Waals surface area contributed by atoms with Gasteiger partial charge in [-0.2, -0.15) is 5.26 Å². The predicted octanol–water partition coefficient (Wildman–Crippen LogP) is 4.08. The van der Waals surface area contributed by atoms with Crippen LogP contribution in [-0.2, 0) is 0 Å². The largest absolute Gasteiger partial charge is 0.342 e. The molecule has 0 N–H and O–H groups in total. The molecule has 0 radical (unpaired) electrons. The third-order valence-electron chi connectivity index (χ3n) is 3.03. The van der Waals surface area contributed by atoms with Crippen LogP contribution in [0, 0.1) is 31.0 Å². The van der Waals surface area contributed by atoms with Crippen LogP contribution in [-0.4, -0.2) is 7.05 Å². The third kappa shape index (κ3) is 2.74. The van der Waals surface area contributed by atoms with Gasteiger partial charge in [0.25, 0.3) is 0 Å². The van der Waals surface area contributed by atoms with Gasteiger partial charge in [0.15, 0.2) is 0 Å². The van der Waals surface area contributed by atoms with Gasteiger partial charge in [0.1, 0.15) is 5.82 Å². The lowest BCUT2D eigenvalue weighted by molar-refractivity contribution is 0.627. The fraction of sp³-hybridized carbons (Fsp3) is 0.188.